The molecule has 9 heteroatoms. The highest BCUT2D eigenvalue weighted by atomic mass is 19.3. The van der Waals surface area contributed by atoms with Gasteiger partial charge in [-0.05, 0) is 29.8 Å². The van der Waals surface area contributed by atoms with Gasteiger partial charge in [0.15, 0.2) is 0 Å². The third-order valence-corrected chi connectivity index (χ3v) is 3.56. The Morgan fingerprint density at radius 2 is 1.74 bits per heavy atom. The molecule has 1 amide bonds. The number of carbonyl (C=O) groups is 1. The van der Waals surface area contributed by atoms with E-state index in [4.69, 9.17) is 0 Å². The molecule has 0 saturated heterocycles. The van der Waals surface area contributed by atoms with E-state index in [0.717, 1.165) is 17.0 Å². The first-order valence-electron chi connectivity index (χ1n) is 7.83. The van der Waals surface area contributed by atoms with Gasteiger partial charge in [0.1, 0.15) is 11.6 Å². The first-order chi connectivity index (χ1) is 12.7. The van der Waals surface area contributed by atoms with Gasteiger partial charge in [0, 0.05) is 13.1 Å². The molecule has 1 N–H and O–H groups in total. The fourth-order valence-electron chi connectivity index (χ4n) is 2.28. The molecule has 2 rings (SSSR count). The highest BCUT2D eigenvalue weighted by Gasteiger charge is 2.44. The Morgan fingerprint density at radius 1 is 1.11 bits per heavy atom. The normalized spacial score (nSPS) is 11.5. The van der Waals surface area contributed by atoms with Crippen molar-refractivity contribution in [3.63, 3.8) is 0 Å². The van der Waals surface area contributed by atoms with E-state index in [0.29, 0.717) is 5.56 Å². The third-order valence-electron chi connectivity index (χ3n) is 3.56. The minimum absolute atomic E-state index is 0.0563. The van der Waals surface area contributed by atoms with Crippen molar-refractivity contribution in [3.05, 3.63) is 65.5 Å². The molecule has 0 heterocycles. The minimum Gasteiger partial charge on any atom is -0.427 e. The van der Waals surface area contributed by atoms with Crippen LogP contribution in [-0.2, 0) is 6.54 Å². The summed E-state index contributed by atoms with van der Waals surface area (Å²) in [5, 5.41) is 9.18. The summed E-state index contributed by atoms with van der Waals surface area (Å²) in [6.45, 7) is -0.641. The van der Waals surface area contributed by atoms with Crippen molar-refractivity contribution in [1.29, 1.82) is 0 Å². The van der Waals surface area contributed by atoms with Gasteiger partial charge in [0.2, 0.25) is 0 Å². The summed E-state index contributed by atoms with van der Waals surface area (Å²) < 4.78 is 68.3. The summed E-state index contributed by atoms with van der Waals surface area (Å²) in [5.41, 5.74) is 0.155. The zero-order valence-corrected chi connectivity index (χ0v) is 13.9. The molecular weight excluding hydrogens is 373 g/mol. The van der Waals surface area contributed by atoms with E-state index < -0.39 is 36.6 Å². The van der Waals surface area contributed by atoms with Crippen molar-refractivity contribution in [1.82, 2.24) is 4.90 Å². The molecule has 0 aliphatic rings. The van der Waals surface area contributed by atoms with Crippen LogP contribution in [0.4, 0.5) is 22.0 Å². The number of halogens is 5. The van der Waals surface area contributed by atoms with Crippen LogP contribution in [0, 0.1) is 5.82 Å². The number of carbonyl (C=O) groups excluding carboxylic acids is 1. The predicted octanol–water partition coefficient (Wildman–Crippen LogP) is 3.70. The van der Waals surface area contributed by atoms with Crippen LogP contribution in [-0.4, -0.2) is 41.6 Å². The summed E-state index contributed by atoms with van der Waals surface area (Å²) in [4.78, 5) is 13.8. The second-order valence-corrected chi connectivity index (χ2v) is 5.54. The molecule has 0 aliphatic heterocycles. The smallest absolute Gasteiger partial charge is 0.427 e. The molecule has 27 heavy (non-hydrogen) atoms. The topological polar surface area (TPSA) is 49.8 Å². The number of para-hydroxylation sites is 1. The van der Waals surface area contributed by atoms with Crippen molar-refractivity contribution < 1.29 is 36.6 Å². The first-order valence-corrected chi connectivity index (χ1v) is 7.83. The number of hydrogen-bond acceptors (Lipinski definition) is 3. The van der Waals surface area contributed by atoms with Crippen LogP contribution in [0.1, 0.15) is 15.9 Å². The number of hydrogen-bond donors (Lipinski definition) is 1. The fourth-order valence-corrected chi connectivity index (χ4v) is 2.28. The lowest BCUT2D eigenvalue weighted by Crippen LogP contribution is -2.36. The van der Waals surface area contributed by atoms with Gasteiger partial charge in [-0.1, -0.05) is 24.3 Å². The number of nitrogens with zero attached hydrogens (tertiary/aromatic N) is 1. The highest BCUT2D eigenvalue weighted by molar-refractivity contribution is 5.97. The SMILES string of the molecule is O=C(c1ccccc1OC(F)(F)C(F)F)N(CCO)Cc1ccc(F)cc1. The van der Waals surface area contributed by atoms with Crippen LogP contribution in [0.3, 0.4) is 0 Å². The Morgan fingerprint density at radius 3 is 2.33 bits per heavy atom. The summed E-state index contributed by atoms with van der Waals surface area (Å²) in [6, 6.07) is 9.92. The van der Waals surface area contributed by atoms with Crippen molar-refractivity contribution in [2.24, 2.45) is 0 Å². The van der Waals surface area contributed by atoms with Crippen LogP contribution in [0.15, 0.2) is 48.5 Å². The number of ether oxygens (including phenoxy) is 1. The molecule has 146 valence electrons. The van der Waals surface area contributed by atoms with Gasteiger partial charge in [0.05, 0.1) is 12.2 Å². The van der Waals surface area contributed by atoms with Crippen molar-refractivity contribution in [3.8, 4) is 5.75 Å². The van der Waals surface area contributed by atoms with Crippen molar-refractivity contribution in [2.45, 2.75) is 19.1 Å². The number of rotatable bonds is 8. The average Bonchev–Trinajstić information content (AvgIpc) is 2.62. The van der Waals surface area contributed by atoms with E-state index in [2.05, 4.69) is 4.74 Å². The lowest BCUT2D eigenvalue weighted by Gasteiger charge is -2.24. The van der Waals surface area contributed by atoms with Gasteiger partial charge >= 0.3 is 12.5 Å². The molecule has 2 aromatic rings. The Bertz CT molecular complexity index is 768. The van der Waals surface area contributed by atoms with E-state index in [1.807, 2.05) is 0 Å². The average molecular weight is 389 g/mol. The van der Waals surface area contributed by atoms with E-state index >= 15 is 0 Å². The van der Waals surface area contributed by atoms with Crippen LogP contribution in [0.25, 0.3) is 0 Å². The molecule has 0 aromatic heterocycles. The summed E-state index contributed by atoms with van der Waals surface area (Å²) in [7, 11) is 0. The highest BCUT2D eigenvalue weighted by Crippen LogP contribution is 2.30. The molecule has 0 bridgehead atoms. The Kier molecular flexibility index (Phi) is 6.73. The van der Waals surface area contributed by atoms with Gasteiger partial charge in [0.25, 0.3) is 5.91 Å². The number of benzene rings is 2. The number of alkyl halides is 4. The monoisotopic (exact) mass is 389 g/mol. The molecule has 0 saturated carbocycles. The van der Waals surface area contributed by atoms with E-state index in [1.165, 1.54) is 36.4 Å². The molecule has 0 unspecified atom stereocenters. The molecule has 0 aliphatic carbocycles. The van der Waals surface area contributed by atoms with E-state index in [-0.39, 0.29) is 18.7 Å². The zero-order chi connectivity index (χ0) is 20.0. The molecule has 0 atom stereocenters. The quantitative estimate of drug-likeness (QED) is 0.701. The van der Waals surface area contributed by atoms with Gasteiger partial charge in [-0.3, -0.25) is 4.79 Å². The number of amides is 1. The Labute approximate surface area is 151 Å². The molecule has 0 spiro atoms. The number of aliphatic hydroxyl groups is 1. The van der Waals surface area contributed by atoms with Gasteiger partial charge in [-0.15, -0.1) is 0 Å². The van der Waals surface area contributed by atoms with E-state index in [9.17, 15) is 31.9 Å². The Hall–Kier alpha value is -2.68. The fraction of sp³-hybridized carbons (Fsp3) is 0.278. The summed E-state index contributed by atoms with van der Waals surface area (Å²) >= 11 is 0. The summed E-state index contributed by atoms with van der Waals surface area (Å²) in [6.07, 6.45) is -8.84. The zero-order valence-electron chi connectivity index (χ0n) is 13.9. The maximum Gasteiger partial charge on any atom is 0.461 e. The van der Waals surface area contributed by atoms with Crippen LogP contribution >= 0.6 is 0 Å². The maximum absolute atomic E-state index is 13.2. The van der Waals surface area contributed by atoms with Crippen LogP contribution in [0.2, 0.25) is 0 Å². The minimum atomic E-state index is -4.77. The summed E-state index contributed by atoms with van der Waals surface area (Å²) in [5.74, 6) is -2.00. The first kappa shape index (κ1) is 20.6. The van der Waals surface area contributed by atoms with Gasteiger partial charge in [-0.25, -0.2) is 4.39 Å². The van der Waals surface area contributed by atoms with Crippen LogP contribution in [0.5, 0.6) is 5.75 Å². The molecule has 0 fully saturated rings. The molecule has 0 radical (unpaired) electrons. The lowest BCUT2D eigenvalue weighted by molar-refractivity contribution is -0.253. The molecular formula is C18H16F5NO3. The van der Waals surface area contributed by atoms with Gasteiger partial charge < -0.3 is 14.7 Å². The number of aliphatic hydroxyl groups excluding tert-OH is 1. The maximum atomic E-state index is 13.2. The third kappa shape index (κ3) is 5.40. The van der Waals surface area contributed by atoms with Crippen molar-refractivity contribution >= 4 is 5.91 Å². The molecule has 2 aromatic carbocycles. The second-order valence-electron chi connectivity index (χ2n) is 5.54. The lowest BCUT2D eigenvalue weighted by atomic mass is 10.1. The van der Waals surface area contributed by atoms with Gasteiger partial charge in [-0.2, -0.15) is 17.6 Å². The van der Waals surface area contributed by atoms with Crippen molar-refractivity contribution in [2.75, 3.05) is 13.2 Å². The van der Waals surface area contributed by atoms with Crippen LogP contribution < -0.4 is 4.74 Å². The Balaban J connectivity index is 2.28. The van der Waals surface area contributed by atoms with E-state index in [1.54, 1.807) is 0 Å². The predicted molar refractivity (Wildman–Crippen MR) is 86.2 cm³/mol. The largest absolute Gasteiger partial charge is 0.461 e. The molecule has 4 nitrogen and oxygen atoms in total. The standard InChI is InChI=1S/C18H16F5NO3/c19-13-7-5-12(6-8-13)11-24(9-10-25)16(26)14-3-1-2-4-15(14)27-18(22,23)17(20)21/h1-8,17,25H,9-11H2. The second kappa shape index (κ2) is 8.81.